The number of rotatable bonds is 4. The number of thioether (sulfide) groups is 1. The van der Waals surface area contributed by atoms with Crippen LogP contribution in [0.25, 0.3) is 22.4 Å². The van der Waals surface area contributed by atoms with Crippen LogP contribution >= 0.6 is 11.8 Å². The molecule has 0 radical (unpaired) electrons. The minimum atomic E-state index is -0.375. The summed E-state index contributed by atoms with van der Waals surface area (Å²) in [5.41, 5.74) is 2.85. The summed E-state index contributed by atoms with van der Waals surface area (Å²) < 4.78 is 21.7. The highest BCUT2D eigenvalue weighted by atomic mass is 32.2. The van der Waals surface area contributed by atoms with E-state index in [1.165, 1.54) is 17.8 Å². The Bertz CT molecular complexity index is 1250. The molecule has 1 aliphatic heterocycles. The summed E-state index contributed by atoms with van der Waals surface area (Å²) in [6.45, 7) is 2.17. The Morgan fingerprint density at radius 3 is 2.82 bits per heavy atom. The van der Waals surface area contributed by atoms with Gasteiger partial charge in [-0.15, -0.1) is 10.2 Å². The van der Waals surface area contributed by atoms with Crippen LogP contribution in [0.4, 0.5) is 0 Å². The van der Waals surface area contributed by atoms with Crippen LogP contribution in [0.3, 0.4) is 0 Å². The highest BCUT2D eigenvalue weighted by molar-refractivity contribution is 7.98. The van der Waals surface area contributed by atoms with Crippen LogP contribution in [-0.2, 0) is 5.75 Å². The van der Waals surface area contributed by atoms with E-state index in [2.05, 4.69) is 10.2 Å². The normalized spacial score (nSPS) is 12.6. The van der Waals surface area contributed by atoms with Crippen LogP contribution in [0, 0.1) is 6.92 Å². The summed E-state index contributed by atoms with van der Waals surface area (Å²) in [7, 11) is 0. The lowest BCUT2D eigenvalue weighted by Gasteiger charge is -2.04. The van der Waals surface area contributed by atoms with E-state index >= 15 is 0 Å². The molecule has 7 nitrogen and oxygen atoms in total. The maximum Gasteiger partial charge on any atom is 0.336 e. The molecule has 2 aromatic carbocycles. The van der Waals surface area contributed by atoms with Crippen molar-refractivity contribution in [1.82, 2.24) is 10.2 Å². The van der Waals surface area contributed by atoms with E-state index in [-0.39, 0.29) is 12.4 Å². The predicted octanol–water partition coefficient (Wildman–Crippen LogP) is 4.17. The molecule has 28 heavy (non-hydrogen) atoms. The van der Waals surface area contributed by atoms with Crippen molar-refractivity contribution >= 4 is 22.7 Å². The van der Waals surface area contributed by atoms with E-state index in [0.29, 0.717) is 33.9 Å². The maximum absolute atomic E-state index is 11.9. The van der Waals surface area contributed by atoms with Crippen LogP contribution < -0.4 is 15.1 Å². The van der Waals surface area contributed by atoms with Gasteiger partial charge in [-0.05, 0) is 42.3 Å². The molecule has 0 N–H and O–H groups in total. The Hall–Kier alpha value is -3.26. The van der Waals surface area contributed by atoms with Gasteiger partial charge in [0.05, 0.1) is 0 Å². The SMILES string of the molecule is Cc1ccc2c(CSc3nnc(-c4ccc5c(c4)OCO5)o3)cc(=O)oc2c1. The zero-order chi connectivity index (χ0) is 19.1. The molecule has 0 spiro atoms. The third kappa shape index (κ3) is 3.11. The van der Waals surface area contributed by atoms with Crippen molar-refractivity contribution < 1.29 is 18.3 Å². The molecule has 0 bridgehead atoms. The molecular formula is C20H14N2O5S. The second-order valence-electron chi connectivity index (χ2n) is 6.32. The first-order chi connectivity index (χ1) is 13.7. The second kappa shape index (κ2) is 6.72. The first kappa shape index (κ1) is 16.9. The molecule has 0 unspecified atom stereocenters. The van der Waals surface area contributed by atoms with Gasteiger partial charge in [0.2, 0.25) is 12.7 Å². The van der Waals surface area contributed by atoms with Crippen LogP contribution in [0.2, 0.25) is 0 Å². The van der Waals surface area contributed by atoms with Crippen LogP contribution in [0.15, 0.2) is 61.3 Å². The quantitative estimate of drug-likeness (QED) is 0.376. The van der Waals surface area contributed by atoms with Crippen LogP contribution in [0.1, 0.15) is 11.1 Å². The van der Waals surface area contributed by atoms with Crippen molar-refractivity contribution in [1.29, 1.82) is 0 Å². The summed E-state index contributed by atoms with van der Waals surface area (Å²) in [6, 6.07) is 12.8. The molecule has 0 amide bonds. The molecule has 5 rings (SSSR count). The van der Waals surface area contributed by atoms with Gasteiger partial charge >= 0.3 is 5.63 Å². The Morgan fingerprint density at radius 1 is 1.00 bits per heavy atom. The summed E-state index contributed by atoms with van der Waals surface area (Å²) >= 11 is 1.37. The summed E-state index contributed by atoms with van der Waals surface area (Å²) in [6.07, 6.45) is 0. The average Bonchev–Trinajstić information content (AvgIpc) is 3.34. The lowest BCUT2D eigenvalue weighted by molar-refractivity contribution is 0.174. The molecule has 0 atom stereocenters. The van der Waals surface area contributed by atoms with E-state index in [9.17, 15) is 4.79 Å². The fourth-order valence-electron chi connectivity index (χ4n) is 3.01. The fourth-order valence-corrected chi connectivity index (χ4v) is 3.76. The van der Waals surface area contributed by atoms with Crippen molar-refractivity contribution in [3.05, 3.63) is 64.0 Å². The molecule has 2 aromatic heterocycles. The smallest absolute Gasteiger partial charge is 0.336 e. The monoisotopic (exact) mass is 394 g/mol. The largest absolute Gasteiger partial charge is 0.454 e. The van der Waals surface area contributed by atoms with Gasteiger partial charge in [0.25, 0.3) is 5.22 Å². The molecule has 3 heterocycles. The molecule has 0 saturated heterocycles. The van der Waals surface area contributed by atoms with E-state index in [1.807, 2.05) is 43.3 Å². The number of fused-ring (bicyclic) bond motifs is 2. The zero-order valence-electron chi connectivity index (χ0n) is 14.8. The van der Waals surface area contributed by atoms with Gasteiger partial charge in [-0.25, -0.2) is 4.79 Å². The van der Waals surface area contributed by atoms with Gasteiger partial charge in [0.15, 0.2) is 11.5 Å². The van der Waals surface area contributed by atoms with Gasteiger partial charge < -0.3 is 18.3 Å². The lowest BCUT2D eigenvalue weighted by atomic mass is 10.1. The number of aryl methyl sites for hydroxylation is 1. The third-order valence-electron chi connectivity index (χ3n) is 4.36. The summed E-state index contributed by atoms with van der Waals surface area (Å²) in [5.74, 6) is 2.26. The van der Waals surface area contributed by atoms with Crippen molar-refractivity contribution in [3.63, 3.8) is 0 Å². The average molecular weight is 394 g/mol. The predicted molar refractivity (Wildman–Crippen MR) is 103 cm³/mol. The van der Waals surface area contributed by atoms with Gasteiger partial charge in [0.1, 0.15) is 5.58 Å². The first-order valence-electron chi connectivity index (χ1n) is 8.55. The number of benzene rings is 2. The summed E-state index contributed by atoms with van der Waals surface area (Å²) in [5, 5.41) is 9.51. The standard InChI is InChI=1S/C20H14N2O5S/c1-11-2-4-14-13(8-18(23)26-16(14)6-11)9-28-20-22-21-19(27-20)12-3-5-15-17(7-12)25-10-24-15/h2-8H,9-10H2,1H3. The minimum Gasteiger partial charge on any atom is -0.454 e. The highest BCUT2D eigenvalue weighted by Crippen LogP contribution is 2.36. The van der Waals surface area contributed by atoms with Gasteiger partial charge in [-0.2, -0.15) is 0 Å². The molecule has 0 saturated carbocycles. The molecular weight excluding hydrogens is 380 g/mol. The molecule has 0 fully saturated rings. The summed E-state index contributed by atoms with van der Waals surface area (Å²) in [4.78, 5) is 11.9. The highest BCUT2D eigenvalue weighted by Gasteiger charge is 2.17. The number of ether oxygens (including phenoxy) is 2. The Kier molecular flexibility index (Phi) is 4.05. The van der Waals surface area contributed by atoms with E-state index in [1.54, 1.807) is 0 Å². The Labute approximate surface area is 163 Å². The molecule has 140 valence electrons. The molecule has 0 aliphatic carbocycles. The van der Waals surface area contributed by atoms with E-state index in [0.717, 1.165) is 22.1 Å². The zero-order valence-corrected chi connectivity index (χ0v) is 15.6. The van der Waals surface area contributed by atoms with Crippen molar-refractivity contribution in [2.75, 3.05) is 6.79 Å². The number of nitrogens with zero attached hydrogens (tertiary/aromatic N) is 2. The lowest BCUT2D eigenvalue weighted by Crippen LogP contribution is -2.00. The minimum absolute atomic E-state index is 0.211. The van der Waals surface area contributed by atoms with Crippen molar-refractivity contribution in [3.8, 4) is 23.0 Å². The Morgan fingerprint density at radius 2 is 1.89 bits per heavy atom. The van der Waals surface area contributed by atoms with Gasteiger partial charge in [-0.3, -0.25) is 0 Å². The van der Waals surface area contributed by atoms with Crippen molar-refractivity contribution in [2.45, 2.75) is 17.9 Å². The fraction of sp³-hybridized carbons (Fsp3) is 0.150. The number of hydrogen-bond donors (Lipinski definition) is 0. The number of hydrogen-bond acceptors (Lipinski definition) is 8. The molecule has 8 heteroatoms. The van der Waals surface area contributed by atoms with E-state index in [4.69, 9.17) is 18.3 Å². The Balaban J connectivity index is 1.38. The number of aromatic nitrogens is 2. The van der Waals surface area contributed by atoms with Crippen LogP contribution in [-0.4, -0.2) is 17.0 Å². The third-order valence-corrected chi connectivity index (χ3v) is 5.23. The second-order valence-corrected chi connectivity index (χ2v) is 7.25. The van der Waals surface area contributed by atoms with Gasteiger partial charge in [-0.1, -0.05) is 23.9 Å². The molecule has 4 aromatic rings. The molecule has 1 aliphatic rings. The van der Waals surface area contributed by atoms with Gasteiger partial charge in [0, 0.05) is 22.8 Å². The van der Waals surface area contributed by atoms with Crippen LogP contribution in [0.5, 0.6) is 11.5 Å². The topological polar surface area (TPSA) is 87.6 Å². The van der Waals surface area contributed by atoms with E-state index < -0.39 is 0 Å². The first-order valence-corrected chi connectivity index (χ1v) is 9.54. The maximum atomic E-state index is 11.9. The van der Waals surface area contributed by atoms with Crippen molar-refractivity contribution in [2.24, 2.45) is 0 Å².